The van der Waals surface area contributed by atoms with E-state index in [9.17, 15) is 21.6 Å². The maximum Gasteiger partial charge on any atom is 0.433 e. The molecule has 0 radical (unpaired) electrons. The van der Waals surface area contributed by atoms with E-state index in [0.29, 0.717) is 5.56 Å². The van der Waals surface area contributed by atoms with E-state index < -0.39 is 21.7 Å². The molecule has 0 bridgehead atoms. The van der Waals surface area contributed by atoms with E-state index in [2.05, 4.69) is 9.97 Å². The number of anilines is 2. The van der Waals surface area contributed by atoms with Gasteiger partial charge in [0.1, 0.15) is 11.5 Å². The number of imidazole rings is 1. The lowest BCUT2D eigenvalue weighted by atomic mass is 10.2. The van der Waals surface area contributed by atoms with Crippen LogP contribution in [0.4, 0.5) is 24.9 Å². The molecule has 1 aliphatic heterocycles. The molecule has 7 nitrogen and oxygen atoms in total. The Morgan fingerprint density at radius 2 is 1.88 bits per heavy atom. The summed E-state index contributed by atoms with van der Waals surface area (Å²) in [6.45, 7) is 0.391. The Bertz CT molecular complexity index is 865. The number of nitrogens with two attached hydrogens (primary N) is 1. The highest BCUT2D eigenvalue weighted by molar-refractivity contribution is 7.91. The summed E-state index contributed by atoms with van der Waals surface area (Å²) in [4.78, 5) is 9.20. The SMILES string of the molecule is Nc1nccn1Cc1ccc(C(F)(F)F)nc1N1CCS(=O)(=O)CC1. The summed E-state index contributed by atoms with van der Waals surface area (Å²) in [5, 5.41) is 0. The fourth-order valence-electron chi connectivity index (χ4n) is 2.61. The molecule has 2 aromatic heterocycles. The van der Waals surface area contributed by atoms with Gasteiger partial charge in [-0.25, -0.2) is 18.4 Å². The van der Waals surface area contributed by atoms with Crippen LogP contribution in [0.3, 0.4) is 0 Å². The van der Waals surface area contributed by atoms with E-state index >= 15 is 0 Å². The molecule has 3 rings (SSSR count). The van der Waals surface area contributed by atoms with Crippen molar-refractivity contribution in [1.82, 2.24) is 14.5 Å². The second-order valence-electron chi connectivity index (χ2n) is 5.73. The van der Waals surface area contributed by atoms with Crippen LogP contribution in [0, 0.1) is 0 Å². The van der Waals surface area contributed by atoms with Crippen molar-refractivity contribution in [3.05, 3.63) is 35.8 Å². The second kappa shape index (κ2) is 6.21. The number of aromatic nitrogens is 3. The molecule has 11 heteroatoms. The molecule has 2 N–H and O–H groups in total. The number of hydrogen-bond acceptors (Lipinski definition) is 6. The summed E-state index contributed by atoms with van der Waals surface area (Å²) in [7, 11) is -3.16. The first-order chi connectivity index (χ1) is 11.7. The maximum absolute atomic E-state index is 13.0. The van der Waals surface area contributed by atoms with Crippen molar-refractivity contribution >= 4 is 21.6 Å². The van der Waals surface area contributed by atoms with Gasteiger partial charge in [-0.3, -0.25) is 0 Å². The predicted molar refractivity (Wildman–Crippen MR) is 85.8 cm³/mol. The van der Waals surface area contributed by atoms with E-state index in [4.69, 9.17) is 5.73 Å². The van der Waals surface area contributed by atoms with E-state index in [0.717, 1.165) is 6.07 Å². The smallest absolute Gasteiger partial charge is 0.369 e. The molecular weight excluding hydrogens is 359 g/mol. The van der Waals surface area contributed by atoms with Gasteiger partial charge in [-0.1, -0.05) is 6.07 Å². The summed E-state index contributed by atoms with van der Waals surface area (Å²) in [5.41, 5.74) is 5.21. The molecule has 0 unspecified atom stereocenters. The lowest BCUT2D eigenvalue weighted by molar-refractivity contribution is -0.141. The highest BCUT2D eigenvalue weighted by Crippen LogP contribution is 2.31. The monoisotopic (exact) mass is 375 g/mol. The fraction of sp³-hybridized carbons (Fsp3) is 0.429. The van der Waals surface area contributed by atoms with E-state index in [1.54, 1.807) is 15.7 Å². The molecule has 1 aliphatic rings. The van der Waals surface area contributed by atoms with Gasteiger partial charge in [0.15, 0.2) is 15.8 Å². The minimum absolute atomic E-state index is 0.100. The van der Waals surface area contributed by atoms with Crippen LogP contribution in [-0.2, 0) is 22.6 Å². The normalized spacial score (nSPS) is 17.6. The Balaban J connectivity index is 1.98. The summed E-state index contributed by atoms with van der Waals surface area (Å²) in [5.74, 6) is 0.125. The Morgan fingerprint density at radius 3 is 2.44 bits per heavy atom. The first-order valence-corrected chi connectivity index (χ1v) is 9.27. The number of pyridine rings is 1. The zero-order valence-corrected chi connectivity index (χ0v) is 13.9. The summed E-state index contributed by atoms with van der Waals surface area (Å²) in [6, 6.07) is 2.25. The van der Waals surface area contributed by atoms with Gasteiger partial charge >= 0.3 is 6.18 Å². The standard InChI is InChI=1S/C14H16F3N5O2S/c15-14(16,17)11-2-1-10(9-22-4-3-19-13(22)18)12(20-11)21-5-7-25(23,24)8-6-21/h1-4H,5-9H2,(H2,18,19). The second-order valence-corrected chi connectivity index (χ2v) is 8.03. The third-order valence-electron chi connectivity index (χ3n) is 3.98. The van der Waals surface area contributed by atoms with Crippen LogP contribution < -0.4 is 10.6 Å². The van der Waals surface area contributed by atoms with Crippen molar-refractivity contribution in [3.63, 3.8) is 0 Å². The van der Waals surface area contributed by atoms with Gasteiger partial charge in [-0.05, 0) is 6.07 Å². The van der Waals surface area contributed by atoms with Crippen molar-refractivity contribution in [2.45, 2.75) is 12.7 Å². The Hall–Kier alpha value is -2.30. The molecule has 2 aromatic rings. The first kappa shape index (κ1) is 17.5. The van der Waals surface area contributed by atoms with Crippen LogP contribution in [0.5, 0.6) is 0 Å². The highest BCUT2D eigenvalue weighted by atomic mass is 32.2. The molecule has 1 saturated heterocycles. The number of nitrogen functional groups attached to an aromatic ring is 1. The topological polar surface area (TPSA) is 94.1 Å². The molecule has 0 spiro atoms. The van der Waals surface area contributed by atoms with Crippen molar-refractivity contribution < 1.29 is 21.6 Å². The highest BCUT2D eigenvalue weighted by Gasteiger charge is 2.34. The summed E-state index contributed by atoms with van der Waals surface area (Å²) >= 11 is 0. The van der Waals surface area contributed by atoms with Gasteiger partial charge in [-0.2, -0.15) is 13.2 Å². The Morgan fingerprint density at radius 1 is 1.20 bits per heavy atom. The van der Waals surface area contributed by atoms with Gasteiger partial charge in [0, 0.05) is 31.0 Å². The number of alkyl halides is 3. The van der Waals surface area contributed by atoms with Crippen molar-refractivity contribution in [1.29, 1.82) is 0 Å². The zero-order chi connectivity index (χ0) is 18.2. The van der Waals surface area contributed by atoms with Crippen molar-refractivity contribution in [2.24, 2.45) is 0 Å². The van der Waals surface area contributed by atoms with Gasteiger partial charge in [0.05, 0.1) is 18.1 Å². The molecule has 0 aliphatic carbocycles. The molecular formula is C14H16F3N5O2S. The quantitative estimate of drug-likeness (QED) is 0.865. The minimum atomic E-state index is -4.58. The van der Waals surface area contributed by atoms with Crippen LogP contribution in [0.2, 0.25) is 0 Å². The van der Waals surface area contributed by atoms with Crippen molar-refractivity contribution in [3.8, 4) is 0 Å². The average molecular weight is 375 g/mol. The Labute approximate surface area is 142 Å². The first-order valence-electron chi connectivity index (χ1n) is 7.45. The number of rotatable bonds is 3. The number of sulfone groups is 1. The predicted octanol–water partition coefficient (Wildman–Crippen LogP) is 1.16. The Kier molecular flexibility index (Phi) is 4.35. The lowest BCUT2D eigenvalue weighted by Crippen LogP contribution is -2.41. The summed E-state index contributed by atoms with van der Waals surface area (Å²) < 4.78 is 63.8. The fourth-order valence-corrected chi connectivity index (χ4v) is 3.82. The lowest BCUT2D eigenvalue weighted by Gasteiger charge is -2.30. The van der Waals surface area contributed by atoms with E-state index in [1.165, 1.54) is 12.3 Å². The van der Waals surface area contributed by atoms with Gasteiger partial charge in [-0.15, -0.1) is 0 Å². The molecule has 0 amide bonds. The van der Waals surface area contributed by atoms with E-state index in [-0.39, 0.29) is 42.9 Å². The largest absolute Gasteiger partial charge is 0.433 e. The number of nitrogens with zero attached hydrogens (tertiary/aromatic N) is 4. The summed E-state index contributed by atoms with van der Waals surface area (Å²) in [6.07, 6.45) is -1.49. The van der Waals surface area contributed by atoms with Crippen molar-refractivity contribution in [2.75, 3.05) is 35.2 Å². The van der Waals surface area contributed by atoms with Crippen LogP contribution in [0.1, 0.15) is 11.3 Å². The van der Waals surface area contributed by atoms with Gasteiger partial charge < -0.3 is 15.2 Å². The van der Waals surface area contributed by atoms with Gasteiger partial charge in [0.2, 0.25) is 0 Å². The van der Waals surface area contributed by atoms with E-state index in [1.807, 2.05) is 0 Å². The maximum atomic E-state index is 13.0. The third kappa shape index (κ3) is 3.86. The molecule has 25 heavy (non-hydrogen) atoms. The van der Waals surface area contributed by atoms with Crippen LogP contribution in [-0.4, -0.2) is 47.5 Å². The van der Waals surface area contributed by atoms with Crippen LogP contribution in [0.15, 0.2) is 24.5 Å². The molecule has 0 aromatic carbocycles. The molecule has 0 saturated carbocycles. The number of hydrogen-bond donors (Lipinski definition) is 1. The molecule has 136 valence electrons. The third-order valence-corrected chi connectivity index (χ3v) is 5.59. The van der Waals surface area contributed by atoms with Crippen LogP contribution >= 0.6 is 0 Å². The van der Waals surface area contributed by atoms with Gasteiger partial charge in [0.25, 0.3) is 0 Å². The van der Waals surface area contributed by atoms with Crippen LogP contribution in [0.25, 0.3) is 0 Å². The number of halogens is 3. The molecule has 1 fully saturated rings. The molecule has 0 atom stereocenters. The minimum Gasteiger partial charge on any atom is -0.369 e. The zero-order valence-electron chi connectivity index (χ0n) is 13.1. The molecule has 3 heterocycles. The average Bonchev–Trinajstić information content (AvgIpc) is 2.92.